The fourth-order valence-corrected chi connectivity index (χ4v) is 5.53. The van der Waals surface area contributed by atoms with E-state index in [2.05, 4.69) is 4.90 Å². The molecular formula is C22H27N3O2. The van der Waals surface area contributed by atoms with Crippen molar-refractivity contribution in [2.24, 2.45) is 10.9 Å². The van der Waals surface area contributed by atoms with Crippen LogP contribution in [0.3, 0.4) is 0 Å². The number of guanidine groups is 1. The second kappa shape index (κ2) is 6.77. The zero-order valence-corrected chi connectivity index (χ0v) is 15.7. The summed E-state index contributed by atoms with van der Waals surface area (Å²) in [6.45, 7) is 0.325. The minimum Gasteiger partial charge on any atom is -0.330 e. The topological polar surface area (TPSA) is 53.0 Å². The van der Waals surface area contributed by atoms with Crippen LogP contribution in [0.2, 0.25) is 0 Å². The molecule has 27 heavy (non-hydrogen) atoms. The maximum atomic E-state index is 13.3. The summed E-state index contributed by atoms with van der Waals surface area (Å²) in [6.07, 6.45) is 8.66. The normalized spacial score (nSPS) is 32.4. The number of fused-ring (bicyclic) bond motifs is 4. The number of ketones is 1. The minimum atomic E-state index is 0.0647. The zero-order chi connectivity index (χ0) is 18.4. The number of carbonyl (C=O) groups is 2. The Kier molecular flexibility index (Phi) is 4.25. The van der Waals surface area contributed by atoms with Gasteiger partial charge in [0, 0.05) is 5.56 Å². The summed E-state index contributed by atoms with van der Waals surface area (Å²) >= 11 is 0. The maximum Gasteiger partial charge on any atom is 0.234 e. The number of nitrogens with zero attached hydrogens (tertiary/aromatic N) is 3. The number of Topliss-reactive ketones (excluding diaryl/α,β-unsaturated/α-hetero) is 1. The Labute approximate surface area is 160 Å². The molecule has 1 saturated heterocycles. The smallest absolute Gasteiger partial charge is 0.234 e. The van der Waals surface area contributed by atoms with Gasteiger partial charge < -0.3 is 4.90 Å². The molecule has 0 N–H and O–H groups in total. The first kappa shape index (κ1) is 17.0. The van der Waals surface area contributed by atoms with E-state index in [0.717, 1.165) is 56.5 Å². The van der Waals surface area contributed by atoms with Crippen molar-refractivity contribution >= 4 is 17.6 Å². The lowest BCUT2D eigenvalue weighted by Gasteiger charge is -2.38. The van der Waals surface area contributed by atoms with Crippen molar-refractivity contribution in [3.8, 4) is 0 Å². The average Bonchev–Trinajstić information content (AvgIpc) is 3.03. The number of amides is 1. The maximum absolute atomic E-state index is 13.3. The quantitative estimate of drug-likeness (QED) is 0.773. The highest BCUT2D eigenvalue weighted by atomic mass is 16.2. The number of rotatable bonds is 3. The van der Waals surface area contributed by atoms with Crippen molar-refractivity contribution in [2.75, 3.05) is 6.54 Å². The van der Waals surface area contributed by atoms with Crippen LogP contribution in [0.5, 0.6) is 0 Å². The molecule has 1 aromatic rings. The van der Waals surface area contributed by atoms with E-state index in [-0.39, 0.29) is 35.7 Å². The molecule has 3 fully saturated rings. The fraction of sp³-hybridized carbons (Fsp3) is 0.591. The van der Waals surface area contributed by atoms with Gasteiger partial charge in [0.2, 0.25) is 11.9 Å². The Morgan fingerprint density at radius 2 is 1.67 bits per heavy atom. The predicted molar refractivity (Wildman–Crippen MR) is 104 cm³/mol. The molecular weight excluding hydrogens is 338 g/mol. The lowest BCUT2D eigenvalue weighted by molar-refractivity contribution is -0.135. The van der Waals surface area contributed by atoms with Crippen molar-refractivity contribution in [1.82, 2.24) is 9.80 Å². The average molecular weight is 365 g/mol. The minimum absolute atomic E-state index is 0.0647. The Balaban J connectivity index is 1.49. The molecule has 1 aromatic carbocycles. The highest BCUT2D eigenvalue weighted by Gasteiger charge is 2.53. The molecule has 0 aromatic heterocycles. The highest BCUT2D eigenvalue weighted by Crippen LogP contribution is 2.41. The Hall–Kier alpha value is -2.17. The molecule has 2 aliphatic heterocycles. The molecule has 4 aliphatic rings. The monoisotopic (exact) mass is 365 g/mol. The third-order valence-electron chi connectivity index (χ3n) is 6.87. The molecule has 0 spiro atoms. The van der Waals surface area contributed by atoms with E-state index in [1.165, 1.54) is 6.42 Å². The van der Waals surface area contributed by atoms with Gasteiger partial charge in [-0.25, -0.2) is 4.99 Å². The van der Waals surface area contributed by atoms with Gasteiger partial charge in [-0.05, 0) is 25.7 Å². The van der Waals surface area contributed by atoms with E-state index in [9.17, 15) is 9.59 Å². The standard InChI is InChI=1S/C22H27N3O2/c26-20(15-8-2-1-3-9-15)14-24-18-12-6-7-13-19(18)25-21(27)16-10-4-5-11-17(16)23-22(24)25/h1-3,8-9,16-19H,4-7,10-14H2. The van der Waals surface area contributed by atoms with E-state index in [1.807, 2.05) is 35.2 Å². The van der Waals surface area contributed by atoms with E-state index in [1.54, 1.807) is 0 Å². The molecule has 2 aliphatic carbocycles. The predicted octanol–water partition coefficient (Wildman–Crippen LogP) is 3.25. The molecule has 1 amide bonds. The number of hydrogen-bond donors (Lipinski definition) is 0. The van der Waals surface area contributed by atoms with E-state index in [4.69, 9.17) is 4.99 Å². The summed E-state index contributed by atoms with van der Waals surface area (Å²) in [7, 11) is 0. The van der Waals surface area contributed by atoms with Gasteiger partial charge in [0.1, 0.15) is 0 Å². The summed E-state index contributed by atoms with van der Waals surface area (Å²) in [4.78, 5) is 35.5. The van der Waals surface area contributed by atoms with Gasteiger partial charge in [0.05, 0.1) is 30.6 Å². The number of carbonyl (C=O) groups excluding carboxylic acids is 2. The molecule has 2 saturated carbocycles. The lowest BCUT2D eigenvalue weighted by Crippen LogP contribution is -2.52. The summed E-state index contributed by atoms with van der Waals surface area (Å²) < 4.78 is 0. The summed E-state index contributed by atoms with van der Waals surface area (Å²) in [5.74, 6) is 1.25. The largest absolute Gasteiger partial charge is 0.330 e. The SMILES string of the molecule is O=C(CN1C2=NC3CCCCC3C(=O)N2C2CCCCC21)c1ccccc1. The Morgan fingerprint density at radius 1 is 0.963 bits per heavy atom. The van der Waals surface area contributed by atoms with Crippen LogP contribution in [0.15, 0.2) is 35.3 Å². The van der Waals surface area contributed by atoms with Crippen LogP contribution >= 0.6 is 0 Å². The molecule has 2 heterocycles. The lowest BCUT2D eigenvalue weighted by atomic mass is 9.82. The van der Waals surface area contributed by atoms with Crippen molar-refractivity contribution < 1.29 is 9.59 Å². The Bertz CT molecular complexity index is 775. The van der Waals surface area contributed by atoms with Crippen molar-refractivity contribution in [3.05, 3.63) is 35.9 Å². The van der Waals surface area contributed by atoms with Crippen LogP contribution in [-0.4, -0.2) is 52.1 Å². The van der Waals surface area contributed by atoms with Crippen LogP contribution in [-0.2, 0) is 4.79 Å². The van der Waals surface area contributed by atoms with Crippen LogP contribution in [0.1, 0.15) is 61.7 Å². The third-order valence-corrected chi connectivity index (χ3v) is 6.87. The van der Waals surface area contributed by atoms with E-state index >= 15 is 0 Å². The Morgan fingerprint density at radius 3 is 2.48 bits per heavy atom. The van der Waals surface area contributed by atoms with Gasteiger partial charge in [0.25, 0.3) is 0 Å². The molecule has 142 valence electrons. The molecule has 5 heteroatoms. The van der Waals surface area contributed by atoms with Crippen LogP contribution < -0.4 is 0 Å². The first-order chi connectivity index (χ1) is 13.2. The van der Waals surface area contributed by atoms with E-state index < -0.39 is 0 Å². The first-order valence-electron chi connectivity index (χ1n) is 10.5. The number of aliphatic imine (C=N–C) groups is 1. The number of benzene rings is 1. The van der Waals surface area contributed by atoms with Gasteiger partial charge >= 0.3 is 0 Å². The van der Waals surface area contributed by atoms with Gasteiger partial charge in [-0.15, -0.1) is 0 Å². The number of hydrogen-bond acceptors (Lipinski definition) is 4. The second-order valence-electron chi connectivity index (χ2n) is 8.43. The first-order valence-corrected chi connectivity index (χ1v) is 10.5. The van der Waals surface area contributed by atoms with E-state index in [0.29, 0.717) is 6.54 Å². The zero-order valence-electron chi connectivity index (χ0n) is 15.7. The highest BCUT2D eigenvalue weighted by molar-refractivity contribution is 6.05. The second-order valence-corrected chi connectivity index (χ2v) is 8.43. The van der Waals surface area contributed by atoms with Crippen LogP contribution in [0.25, 0.3) is 0 Å². The van der Waals surface area contributed by atoms with Crippen LogP contribution in [0.4, 0.5) is 0 Å². The van der Waals surface area contributed by atoms with Gasteiger partial charge in [-0.2, -0.15) is 0 Å². The van der Waals surface area contributed by atoms with Crippen molar-refractivity contribution in [2.45, 2.75) is 69.5 Å². The van der Waals surface area contributed by atoms with Crippen molar-refractivity contribution in [3.63, 3.8) is 0 Å². The molecule has 5 nitrogen and oxygen atoms in total. The van der Waals surface area contributed by atoms with Gasteiger partial charge in [-0.1, -0.05) is 56.0 Å². The molecule has 4 atom stereocenters. The molecule has 4 unspecified atom stereocenters. The summed E-state index contributed by atoms with van der Waals surface area (Å²) in [5.41, 5.74) is 0.738. The molecule has 5 rings (SSSR count). The fourth-order valence-electron chi connectivity index (χ4n) is 5.53. The molecule has 0 bridgehead atoms. The van der Waals surface area contributed by atoms with Crippen LogP contribution in [0, 0.1) is 5.92 Å². The summed E-state index contributed by atoms with van der Waals surface area (Å²) in [5, 5.41) is 0. The summed E-state index contributed by atoms with van der Waals surface area (Å²) in [6, 6.07) is 10.1. The van der Waals surface area contributed by atoms with Gasteiger partial charge in [0.15, 0.2) is 5.78 Å². The third kappa shape index (κ3) is 2.79. The van der Waals surface area contributed by atoms with Gasteiger partial charge in [-0.3, -0.25) is 14.5 Å². The molecule has 0 radical (unpaired) electrons. The van der Waals surface area contributed by atoms with Crippen molar-refractivity contribution in [1.29, 1.82) is 0 Å².